The van der Waals surface area contributed by atoms with E-state index in [2.05, 4.69) is 9.97 Å². The zero-order chi connectivity index (χ0) is 12.1. The zero-order valence-electron chi connectivity index (χ0n) is 9.72. The van der Waals surface area contributed by atoms with Crippen LogP contribution in [0.25, 0.3) is 0 Å². The molecule has 2 heterocycles. The molecule has 5 heteroatoms. The molecule has 0 saturated heterocycles. The van der Waals surface area contributed by atoms with Crippen molar-refractivity contribution in [2.75, 3.05) is 7.11 Å². The molecule has 0 aromatic carbocycles. The molecule has 0 amide bonds. The molecule has 2 rings (SSSR count). The summed E-state index contributed by atoms with van der Waals surface area (Å²) in [7, 11) is 1.67. The van der Waals surface area contributed by atoms with Crippen molar-refractivity contribution >= 4 is 11.3 Å². The molecular formula is C12H15N3OS. The molecule has 0 spiro atoms. The van der Waals surface area contributed by atoms with E-state index in [4.69, 9.17) is 10.5 Å². The van der Waals surface area contributed by atoms with Crippen LogP contribution in [0.15, 0.2) is 24.5 Å². The smallest absolute Gasteiger partial charge is 0.0976 e. The van der Waals surface area contributed by atoms with E-state index in [0.717, 1.165) is 22.0 Å². The fourth-order valence-corrected chi connectivity index (χ4v) is 2.58. The lowest BCUT2D eigenvalue weighted by molar-refractivity contribution is 0.181. The molecule has 0 saturated carbocycles. The zero-order valence-corrected chi connectivity index (χ0v) is 10.5. The number of thiazole rings is 1. The van der Waals surface area contributed by atoms with Crippen LogP contribution >= 0.6 is 11.3 Å². The lowest BCUT2D eigenvalue weighted by Gasteiger charge is -1.96. The van der Waals surface area contributed by atoms with Gasteiger partial charge in [-0.15, -0.1) is 11.3 Å². The summed E-state index contributed by atoms with van der Waals surface area (Å²) in [6, 6.07) is 4.00. The van der Waals surface area contributed by atoms with Gasteiger partial charge in [-0.1, -0.05) is 0 Å². The van der Waals surface area contributed by atoms with Crippen LogP contribution in [0.1, 0.15) is 21.1 Å². The second-order valence-corrected chi connectivity index (χ2v) is 4.82. The molecule has 2 aromatic rings. The molecule has 0 unspecified atom stereocenters. The quantitative estimate of drug-likeness (QED) is 0.876. The van der Waals surface area contributed by atoms with E-state index in [1.54, 1.807) is 30.8 Å². The number of ether oxygens (including phenoxy) is 1. The number of pyridine rings is 1. The first-order valence-corrected chi connectivity index (χ1v) is 6.20. The lowest BCUT2D eigenvalue weighted by atomic mass is 10.2. The highest BCUT2D eigenvalue weighted by molar-refractivity contribution is 7.11. The Kier molecular flexibility index (Phi) is 4.19. The Morgan fingerprint density at radius 1 is 1.35 bits per heavy atom. The Morgan fingerprint density at radius 3 is 2.76 bits per heavy atom. The molecule has 2 N–H and O–H groups in total. The van der Waals surface area contributed by atoms with Gasteiger partial charge in [-0.05, 0) is 17.7 Å². The van der Waals surface area contributed by atoms with Gasteiger partial charge in [0.25, 0.3) is 0 Å². The number of hydrogen-bond acceptors (Lipinski definition) is 5. The van der Waals surface area contributed by atoms with E-state index in [9.17, 15) is 0 Å². The fourth-order valence-electron chi connectivity index (χ4n) is 1.60. The number of aromatic nitrogens is 2. The molecule has 90 valence electrons. The summed E-state index contributed by atoms with van der Waals surface area (Å²) in [5, 5.41) is 1.07. The number of nitrogens with zero attached hydrogens (tertiary/aromatic N) is 2. The normalized spacial score (nSPS) is 10.7. The van der Waals surface area contributed by atoms with Gasteiger partial charge in [-0.25, -0.2) is 4.98 Å². The molecule has 0 aliphatic carbocycles. The van der Waals surface area contributed by atoms with Crippen molar-refractivity contribution in [3.8, 4) is 0 Å². The Balaban J connectivity index is 2.16. The van der Waals surface area contributed by atoms with Gasteiger partial charge in [0.1, 0.15) is 0 Å². The summed E-state index contributed by atoms with van der Waals surface area (Å²) in [4.78, 5) is 9.66. The summed E-state index contributed by atoms with van der Waals surface area (Å²) in [6.07, 6.45) is 4.41. The summed E-state index contributed by atoms with van der Waals surface area (Å²) < 4.78 is 5.11. The summed E-state index contributed by atoms with van der Waals surface area (Å²) in [5.74, 6) is 0. The van der Waals surface area contributed by atoms with Crippen molar-refractivity contribution in [3.05, 3.63) is 45.7 Å². The van der Waals surface area contributed by atoms with Crippen molar-refractivity contribution in [2.45, 2.75) is 19.6 Å². The third kappa shape index (κ3) is 3.09. The van der Waals surface area contributed by atoms with Crippen molar-refractivity contribution in [1.82, 2.24) is 9.97 Å². The predicted octanol–water partition coefficient (Wildman–Crippen LogP) is 1.73. The van der Waals surface area contributed by atoms with Crippen LogP contribution in [-0.4, -0.2) is 17.1 Å². The Morgan fingerprint density at radius 2 is 2.12 bits per heavy atom. The first kappa shape index (κ1) is 12.2. The van der Waals surface area contributed by atoms with Gasteiger partial charge in [-0.2, -0.15) is 0 Å². The van der Waals surface area contributed by atoms with Crippen LogP contribution in [-0.2, 0) is 24.3 Å². The first-order chi connectivity index (χ1) is 8.33. The van der Waals surface area contributed by atoms with Crippen LogP contribution in [0.2, 0.25) is 0 Å². The van der Waals surface area contributed by atoms with Gasteiger partial charge in [0.05, 0.1) is 17.3 Å². The fraction of sp³-hybridized carbons (Fsp3) is 0.333. The predicted molar refractivity (Wildman–Crippen MR) is 67.8 cm³/mol. The minimum Gasteiger partial charge on any atom is -0.378 e. The minimum absolute atomic E-state index is 0.521. The Bertz CT molecular complexity index is 470. The number of methoxy groups -OCH3 is 1. The van der Waals surface area contributed by atoms with Gasteiger partial charge >= 0.3 is 0 Å². The van der Waals surface area contributed by atoms with Gasteiger partial charge < -0.3 is 10.5 Å². The highest BCUT2D eigenvalue weighted by Gasteiger charge is 2.10. The van der Waals surface area contributed by atoms with E-state index in [0.29, 0.717) is 13.2 Å². The SMILES string of the molecule is COCc1nc(Cc2ccncc2)sc1CN. The van der Waals surface area contributed by atoms with Gasteiger partial charge in [-0.3, -0.25) is 4.98 Å². The van der Waals surface area contributed by atoms with Crippen molar-refractivity contribution in [2.24, 2.45) is 5.73 Å². The highest BCUT2D eigenvalue weighted by Crippen LogP contribution is 2.21. The van der Waals surface area contributed by atoms with E-state index >= 15 is 0 Å². The lowest BCUT2D eigenvalue weighted by Crippen LogP contribution is -1.99. The van der Waals surface area contributed by atoms with Gasteiger partial charge in [0.15, 0.2) is 0 Å². The maximum absolute atomic E-state index is 5.69. The molecule has 2 aromatic heterocycles. The number of hydrogen-bond donors (Lipinski definition) is 1. The molecule has 0 aliphatic heterocycles. The maximum atomic E-state index is 5.69. The monoisotopic (exact) mass is 249 g/mol. The molecule has 0 atom stereocenters. The third-order valence-electron chi connectivity index (χ3n) is 2.39. The largest absolute Gasteiger partial charge is 0.378 e. The Hall–Kier alpha value is -1.30. The second-order valence-electron chi connectivity index (χ2n) is 3.65. The molecule has 0 fully saturated rings. The molecule has 17 heavy (non-hydrogen) atoms. The number of rotatable bonds is 5. The average Bonchev–Trinajstić information content (AvgIpc) is 2.73. The molecule has 4 nitrogen and oxygen atoms in total. The van der Waals surface area contributed by atoms with E-state index in [1.165, 1.54) is 5.56 Å². The van der Waals surface area contributed by atoms with Gasteiger partial charge in [0.2, 0.25) is 0 Å². The van der Waals surface area contributed by atoms with Crippen molar-refractivity contribution < 1.29 is 4.74 Å². The molecule has 0 radical (unpaired) electrons. The number of nitrogens with two attached hydrogens (primary N) is 1. The summed E-state index contributed by atoms with van der Waals surface area (Å²) in [5.41, 5.74) is 7.86. The van der Waals surface area contributed by atoms with Crippen molar-refractivity contribution in [1.29, 1.82) is 0 Å². The minimum atomic E-state index is 0.521. The standard InChI is InChI=1S/C12H15N3OS/c1-16-8-10-11(7-13)17-12(15-10)6-9-2-4-14-5-3-9/h2-5H,6-8,13H2,1H3. The maximum Gasteiger partial charge on any atom is 0.0976 e. The van der Waals surface area contributed by atoms with E-state index < -0.39 is 0 Å². The third-order valence-corrected chi connectivity index (χ3v) is 3.51. The molecular weight excluding hydrogens is 234 g/mol. The molecule has 0 bridgehead atoms. The van der Waals surface area contributed by atoms with Crippen LogP contribution in [0.4, 0.5) is 0 Å². The van der Waals surface area contributed by atoms with Crippen LogP contribution in [0.3, 0.4) is 0 Å². The van der Waals surface area contributed by atoms with Crippen LogP contribution < -0.4 is 5.73 Å². The highest BCUT2D eigenvalue weighted by atomic mass is 32.1. The summed E-state index contributed by atoms with van der Waals surface area (Å²) >= 11 is 1.66. The summed E-state index contributed by atoms with van der Waals surface area (Å²) in [6.45, 7) is 1.05. The van der Waals surface area contributed by atoms with Crippen LogP contribution in [0, 0.1) is 0 Å². The molecule has 0 aliphatic rings. The first-order valence-electron chi connectivity index (χ1n) is 5.39. The van der Waals surface area contributed by atoms with E-state index in [-0.39, 0.29) is 0 Å². The topological polar surface area (TPSA) is 61.0 Å². The van der Waals surface area contributed by atoms with Gasteiger partial charge in [0, 0.05) is 37.3 Å². The van der Waals surface area contributed by atoms with Crippen molar-refractivity contribution in [3.63, 3.8) is 0 Å². The Labute approximate surface area is 104 Å². The second kappa shape index (κ2) is 5.86. The van der Waals surface area contributed by atoms with Crippen LogP contribution in [0.5, 0.6) is 0 Å². The van der Waals surface area contributed by atoms with E-state index in [1.807, 2.05) is 12.1 Å². The average molecular weight is 249 g/mol.